The minimum atomic E-state index is 0.271. The van der Waals surface area contributed by atoms with Crippen LogP contribution in [0, 0.1) is 6.92 Å². The van der Waals surface area contributed by atoms with E-state index in [1.165, 1.54) is 0 Å². The van der Waals surface area contributed by atoms with Crippen LogP contribution in [0.25, 0.3) is 11.6 Å². The van der Waals surface area contributed by atoms with Gasteiger partial charge in [-0.05, 0) is 13.0 Å². The van der Waals surface area contributed by atoms with Gasteiger partial charge in [0.1, 0.15) is 0 Å². The molecule has 0 fully saturated rings. The van der Waals surface area contributed by atoms with Crippen LogP contribution in [0.1, 0.15) is 31.3 Å². The standard InChI is InChI=1S/C9H12N4O/c1-5(2)8-10-9(14-13-8)7-4-6(3)11-12-7/h4-5H,1-3H3,(H,11,12). The van der Waals surface area contributed by atoms with Crippen molar-refractivity contribution in [2.75, 3.05) is 0 Å². The summed E-state index contributed by atoms with van der Waals surface area (Å²) in [4.78, 5) is 4.23. The molecule has 0 unspecified atom stereocenters. The van der Waals surface area contributed by atoms with E-state index in [0.29, 0.717) is 17.4 Å². The summed E-state index contributed by atoms with van der Waals surface area (Å²) in [6.45, 7) is 5.96. The first kappa shape index (κ1) is 8.93. The topological polar surface area (TPSA) is 67.6 Å². The molecule has 5 heteroatoms. The Morgan fingerprint density at radius 1 is 1.43 bits per heavy atom. The van der Waals surface area contributed by atoms with Crippen LogP contribution < -0.4 is 0 Å². The molecule has 0 spiro atoms. The molecule has 2 aromatic heterocycles. The summed E-state index contributed by atoms with van der Waals surface area (Å²) in [5.41, 5.74) is 1.67. The fourth-order valence-corrected chi connectivity index (χ4v) is 1.10. The lowest BCUT2D eigenvalue weighted by atomic mass is 10.2. The zero-order valence-corrected chi connectivity index (χ0v) is 8.40. The van der Waals surface area contributed by atoms with Gasteiger partial charge in [0.2, 0.25) is 0 Å². The second-order valence-electron chi connectivity index (χ2n) is 3.55. The van der Waals surface area contributed by atoms with Crippen molar-refractivity contribution in [3.05, 3.63) is 17.6 Å². The summed E-state index contributed by atoms with van der Waals surface area (Å²) in [6, 6.07) is 1.87. The molecular weight excluding hydrogens is 180 g/mol. The summed E-state index contributed by atoms with van der Waals surface area (Å²) in [5.74, 6) is 1.45. The molecule has 2 rings (SSSR count). The summed E-state index contributed by atoms with van der Waals surface area (Å²) >= 11 is 0. The van der Waals surface area contributed by atoms with Gasteiger partial charge in [-0.1, -0.05) is 19.0 Å². The molecule has 2 aromatic rings. The van der Waals surface area contributed by atoms with Crippen LogP contribution in [0.4, 0.5) is 0 Å². The number of nitrogens with one attached hydrogen (secondary N) is 1. The van der Waals surface area contributed by atoms with E-state index >= 15 is 0 Å². The van der Waals surface area contributed by atoms with Crippen molar-refractivity contribution in [2.45, 2.75) is 26.7 Å². The van der Waals surface area contributed by atoms with Crippen molar-refractivity contribution in [3.8, 4) is 11.6 Å². The van der Waals surface area contributed by atoms with E-state index in [1.54, 1.807) is 0 Å². The number of H-pyrrole nitrogens is 1. The van der Waals surface area contributed by atoms with Gasteiger partial charge in [0, 0.05) is 11.6 Å². The summed E-state index contributed by atoms with van der Waals surface area (Å²) < 4.78 is 5.08. The number of hydrogen-bond donors (Lipinski definition) is 1. The second kappa shape index (κ2) is 3.25. The van der Waals surface area contributed by atoms with E-state index in [9.17, 15) is 0 Å². The molecule has 0 aliphatic rings. The average Bonchev–Trinajstić information content (AvgIpc) is 2.70. The van der Waals surface area contributed by atoms with Gasteiger partial charge in [0.05, 0.1) is 0 Å². The van der Waals surface area contributed by atoms with Gasteiger partial charge in [-0.25, -0.2) is 0 Å². The third-order valence-electron chi connectivity index (χ3n) is 1.88. The highest BCUT2D eigenvalue weighted by Gasteiger charge is 2.13. The number of hydrogen-bond acceptors (Lipinski definition) is 4. The van der Waals surface area contributed by atoms with Crippen LogP contribution in [0.2, 0.25) is 0 Å². The molecule has 0 radical (unpaired) electrons. The molecule has 74 valence electrons. The largest absolute Gasteiger partial charge is 0.332 e. The summed E-state index contributed by atoms with van der Waals surface area (Å²) in [6.07, 6.45) is 0. The van der Waals surface area contributed by atoms with Crippen LogP contribution in [0.3, 0.4) is 0 Å². The molecule has 0 amide bonds. The van der Waals surface area contributed by atoms with E-state index in [-0.39, 0.29) is 5.92 Å². The van der Waals surface area contributed by atoms with Crippen molar-refractivity contribution < 1.29 is 4.52 Å². The SMILES string of the molecule is Cc1cc(-c2nc(C(C)C)no2)n[nH]1. The minimum absolute atomic E-state index is 0.271. The van der Waals surface area contributed by atoms with Crippen LogP contribution in [0.5, 0.6) is 0 Å². The van der Waals surface area contributed by atoms with Gasteiger partial charge >= 0.3 is 0 Å². The Bertz CT molecular complexity index is 429. The second-order valence-corrected chi connectivity index (χ2v) is 3.55. The van der Waals surface area contributed by atoms with Crippen LogP contribution in [-0.2, 0) is 0 Å². The Morgan fingerprint density at radius 3 is 2.71 bits per heavy atom. The van der Waals surface area contributed by atoms with Gasteiger partial charge in [0.15, 0.2) is 11.5 Å². The molecule has 1 N–H and O–H groups in total. The highest BCUT2D eigenvalue weighted by Crippen LogP contribution is 2.18. The fraction of sp³-hybridized carbons (Fsp3) is 0.444. The normalized spacial score (nSPS) is 11.1. The summed E-state index contributed by atoms with van der Waals surface area (Å²) in [5, 5.41) is 10.7. The van der Waals surface area contributed by atoms with Crippen molar-refractivity contribution in [1.29, 1.82) is 0 Å². The maximum Gasteiger partial charge on any atom is 0.278 e. The lowest BCUT2D eigenvalue weighted by Crippen LogP contribution is -1.89. The summed E-state index contributed by atoms with van der Waals surface area (Å²) in [7, 11) is 0. The molecule has 5 nitrogen and oxygen atoms in total. The maximum atomic E-state index is 5.08. The molecule has 0 aliphatic carbocycles. The number of aromatic amines is 1. The molecule has 14 heavy (non-hydrogen) atoms. The average molecular weight is 192 g/mol. The molecule has 0 aromatic carbocycles. The van der Waals surface area contributed by atoms with Crippen LogP contribution in [0.15, 0.2) is 10.6 Å². The van der Waals surface area contributed by atoms with Crippen LogP contribution >= 0.6 is 0 Å². The monoisotopic (exact) mass is 192 g/mol. The minimum Gasteiger partial charge on any atom is -0.332 e. The Kier molecular flexibility index (Phi) is 2.07. The molecule has 0 saturated carbocycles. The Balaban J connectivity index is 2.33. The van der Waals surface area contributed by atoms with Gasteiger partial charge in [-0.2, -0.15) is 10.1 Å². The zero-order chi connectivity index (χ0) is 10.1. The Morgan fingerprint density at radius 2 is 2.21 bits per heavy atom. The number of aryl methyl sites for hydroxylation is 1. The van der Waals surface area contributed by atoms with E-state index < -0.39 is 0 Å². The Hall–Kier alpha value is -1.65. The van der Waals surface area contributed by atoms with E-state index in [0.717, 1.165) is 5.69 Å². The highest BCUT2D eigenvalue weighted by molar-refractivity contribution is 5.46. The van der Waals surface area contributed by atoms with Gasteiger partial charge in [0.25, 0.3) is 5.89 Å². The van der Waals surface area contributed by atoms with Gasteiger partial charge < -0.3 is 4.52 Å². The third-order valence-corrected chi connectivity index (χ3v) is 1.88. The predicted octanol–water partition coefficient (Wildman–Crippen LogP) is 1.89. The highest BCUT2D eigenvalue weighted by atomic mass is 16.5. The number of nitrogens with zero attached hydrogens (tertiary/aromatic N) is 3. The molecule has 0 saturated heterocycles. The molecular formula is C9H12N4O. The fourth-order valence-electron chi connectivity index (χ4n) is 1.10. The van der Waals surface area contributed by atoms with Crippen molar-refractivity contribution >= 4 is 0 Å². The quantitative estimate of drug-likeness (QED) is 0.788. The molecule has 0 aliphatic heterocycles. The molecule has 0 bridgehead atoms. The van der Waals surface area contributed by atoms with Crippen molar-refractivity contribution in [2.24, 2.45) is 0 Å². The Labute approximate surface area is 81.5 Å². The lowest BCUT2D eigenvalue weighted by molar-refractivity contribution is 0.418. The van der Waals surface area contributed by atoms with Crippen molar-refractivity contribution in [3.63, 3.8) is 0 Å². The maximum absolute atomic E-state index is 5.08. The van der Waals surface area contributed by atoms with E-state index in [1.807, 2.05) is 26.8 Å². The first-order chi connectivity index (χ1) is 6.66. The van der Waals surface area contributed by atoms with E-state index in [2.05, 4.69) is 20.3 Å². The molecule has 0 atom stereocenters. The van der Waals surface area contributed by atoms with Gasteiger partial charge in [-0.3, -0.25) is 5.10 Å². The number of rotatable bonds is 2. The van der Waals surface area contributed by atoms with Crippen LogP contribution in [-0.4, -0.2) is 20.3 Å². The van der Waals surface area contributed by atoms with Crippen molar-refractivity contribution in [1.82, 2.24) is 20.3 Å². The lowest BCUT2D eigenvalue weighted by Gasteiger charge is -1.91. The number of aromatic nitrogens is 4. The zero-order valence-electron chi connectivity index (χ0n) is 8.40. The van der Waals surface area contributed by atoms with E-state index in [4.69, 9.17) is 4.52 Å². The molecule has 2 heterocycles. The smallest absolute Gasteiger partial charge is 0.278 e. The first-order valence-electron chi connectivity index (χ1n) is 4.53. The van der Waals surface area contributed by atoms with Gasteiger partial charge in [-0.15, -0.1) is 0 Å². The predicted molar refractivity (Wildman–Crippen MR) is 50.7 cm³/mol. The first-order valence-corrected chi connectivity index (χ1v) is 4.53. The third kappa shape index (κ3) is 1.53.